The van der Waals surface area contributed by atoms with Crippen molar-refractivity contribution < 1.29 is 19.4 Å². The number of hydrogen-bond acceptors (Lipinski definition) is 3. The molecule has 0 spiro atoms. The first-order valence-electron chi connectivity index (χ1n) is 7.44. The third-order valence-corrected chi connectivity index (χ3v) is 4.56. The highest BCUT2D eigenvalue weighted by molar-refractivity contribution is 5.80. The summed E-state index contributed by atoms with van der Waals surface area (Å²) >= 11 is 0. The molecule has 1 saturated carbocycles. The number of amides is 1. The SMILES string of the molecule is CC1(C)CCCC(C(=O)NC2(CC(=O)O)CCOC2)C1. The second-order valence-electron chi connectivity index (χ2n) is 7.10. The Hall–Kier alpha value is -1.10. The Labute approximate surface area is 120 Å². The largest absolute Gasteiger partial charge is 0.481 e. The molecule has 2 unspecified atom stereocenters. The highest BCUT2D eigenvalue weighted by atomic mass is 16.5. The Morgan fingerprint density at radius 2 is 2.10 bits per heavy atom. The van der Waals surface area contributed by atoms with Crippen LogP contribution >= 0.6 is 0 Å². The van der Waals surface area contributed by atoms with Gasteiger partial charge in [0.25, 0.3) is 0 Å². The molecule has 2 aliphatic rings. The molecule has 1 amide bonds. The smallest absolute Gasteiger partial charge is 0.305 e. The van der Waals surface area contributed by atoms with Gasteiger partial charge in [-0.25, -0.2) is 0 Å². The minimum absolute atomic E-state index is 0.00419. The van der Waals surface area contributed by atoms with E-state index in [0.29, 0.717) is 19.6 Å². The summed E-state index contributed by atoms with van der Waals surface area (Å²) in [6, 6.07) is 0. The summed E-state index contributed by atoms with van der Waals surface area (Å²) in [7, 11) is 0. The van der Waals surface area contributed by atoms with Gasteiger partial charge in [0.2, 0.25) is 5.91 Å². The molecule has 20 heavy (non-hydrogen) atoms. The Kier molecular flexibility index (Phi) is 4.37. The predicted molar refractivity (Wildman–Crippen MR) is 74.3 cm³/mol. The minimum atomic E-state index is -0.889. The molecule has 2 N–H and O–H groups in total. The number of ether oxygens (including phenoxy) is 1. The summed E-state index contributed by atoms with van der Waals surface area (Å²) in [5.74, 6) is -0.880. The van der Waals surface area contributed by atoms with Crippen LogP contribution in [0.4, 0.5) is 0 Å². The number of hydrogen-bond donors (Lipinski definition) is 2. The second-order valence-corrected chi connectivity index (χ2v) is 7.10. The summed E-state index contributed by atoms with van der Waals surface area (Å²) in [6.45, 7) is 5.21. The molecule has 1 aliphatic heterocycles. The van der Waals surface area contributed by atoms with Gasteiger partial charge in [0.1, 0.15) is 0 Å². The van der Waals surface area contributed by atoms with Gasteiger partial charge in [-0.3, -0.25) is 9.59 Å². The first-order valence-corrected chi connectivity index (χ1v) is 7.44. The molecular formula is C15H25NO4. The fraction of sp³-hybridized carbons (Fsp3) is 0.867. The van der Waals surface area contributed by atoms with Crippen molar-refractivity contribution in [3.8, 4) is 0 Å². The highest BCUT2D eigenvalue weighted by Crippen LogP contribution is 2.39. The lowest BCUT2D eigenvalue weighted by molar-refractivity contribution is -0.139. The maximum atomic E-state index is 12.5. The van der Waals surface area contributed by atoms with Crippen LogP contribution in [0.25, 0.3) is 0 Å². The second kappa shape index (κ2) is 5.72. The van der Waals surface area contributed by atoms with Crippen molar-refractivity contribution in [3.63, 3.8) is 0 Å². The molecular weight excluding hydrogens is 258 g/mol. The van der Waals surface area contributed by atoms with Crippen molar-refractivity contribution in [1.82, 2.24) is 5.32 Å². The number of carbonyl (C=O) groups is 2. The molecule has 2 rings (SSSR count). The van der Waals surface area contributed by atoms with Gasteiger partial charge in [-0.05, 0) is 31.1 Å². The fourth-order valence-corrected chi connectivity index (χ4v) is 3.46. The Balaban J connectivity index is 1.99. The standard InChI is InChI=1S/C15H25NO4/c1-14(2)5-3-4-11(8-14)13(19)16-15(9-12(17)18)6-7-20-10-15/h11H,3-10H2,1-2H3,(H,16,19)(H,17,18). The van der Waals surface area contributed by atoms with Crippen molar-refractivity contribution >= 4 is 11.9 Å². The monoisotopic (exact) mass is 283 g/mol. The maximum Gasteiger partial charge on any atom is 0.305 e. The first kappa shape index (κ1) is 15.3. The van der Waals surface area contributed by atoms with E-state index in [4.69, 9.17) is 9.84 Å². The van der Waals surface area contributed by atoms with Gasteiger partial charge >= 0.3 is 5.97 Å². The van der Waals surface area contributed by atoms with E-state index in [2.05, 4.69) is 19.2 Å². The maximum absolute atomic E-state index is 12.5. The van der Waals surface area contributed by atoms with Gasteiger partial charge in [0.15, 0.2) is 0 Å². The molecule has 0 aromatic carbocycles. The molecule has 114 valence electrons. The zero-order valence-corrected chi connectivity index (χ0v) is 12.4. The van der Waals surface area contributed by atoms with E-state index in [9.17, 15) is 9.59 Å². The van der Waals surface area contributed by atoms with Crippen LogP contribution in [0.5, 0.6) is 0 Å². The lowest BCUT2D eigenvalue weighted by Gasteiger charge is -2.36. The summed E-state index contributed by atoms with van der Waals surface area (Å²) < 4.78 is 5.31. The third-order valence-electron chi connectivity index (χ3n) is 4.56. The number of carbonyl (C=O) groups excluding carboxylic acids is 1. The van der Waals surface area contributed by atoms with E-state index in [1.165, 1.54) is 0 Å². The van der Waals surface area contributed by atoms with E-state index in [1.54, 1.807) is 0 Å². The van der Waals surface area contributed by atoms with Crippen molar-refractivity contribution in [2.24, 2.45) is 11.3 Å². The molecule has 5 nitrogen and oxygen atoms in total. The molecule has 1 heterocycles. The number of rotatable bonds is 4. The summed E-state index contributed by atoms with van der Waals surface area (Å²) in [6.07, 6.45) is 4.52. The van der Waals surface area contributed by atoms with Gasteiger partial charge in [0, 0.05) is 12.5 Å². The van der Waals surface area contributed by atoms with Crippen molar-refractivity contribution in [2.75, 3.05) is 13.2 Å². The fourth-order valence-electron chi connectivity index (χ4n) is 3.46. The summed E-state index contributed by atoms with van der Waals surface area (Å²) in [5, 5.41) is 12.0. The number of carboxylic acid groups (broad SMARTS) is 1. The van der Waals surface area contributed by atoms with Crippen LogP contribution in [0.1, 0.15) is 52.4 Å². The van der Waals surface area contributed by atoms with Crippen molar-refractivity contribution in [1.29, 1.82) is 0 Å². The Bertz CT molecular complexity index is 385. The highest BCUT2D eigenvalue weighted by Gasteiger charge is 2.41. The molecule has 0 bridgehead atoms. The lowest BCUT2D eigenvalue weighted by Crippen LogP contribution is -2.53. The normalized spacial score (nSPS) is 32.8. The number of carboxylic acids is 1. The molecule has 2 fully saturated rings. The van der Waals surface area contributed by atoms with Gasteiger partial charge < -0.3 is 15.2 Å². The molecule has 2 atom stereocenters. The quantitative estimate of drug-likeness (QED) is 0.827. The molecule has 0 aromatic rings. The van der Waals surface area contributed by atoms with E-state index in [1.807, 2.05) is 0 Å². The van der Waals surface area contributed by atoms with Crippen LogP contribution < -0.4 is 5.32 Å². The van der Waals surface area contributed by atoms with Crippen LogP contribution in [0.3, 0.4) is 0 Å². The van der Waals surface area contributed by atoms with Crippen molar-refractivity contribution in [2.45, 2.75) is 57.9 Å². The van der Waals surface area contributed by atoms with Crippen LogP contribution in [-0.4, -0.2) is 35.7 Å². The molecule has 0 aromatic heterocycles. The Morgan fingerprint density at radius 3 is 2.65 bits per heavy atom. The summed E-state index contributed by atoms with van der Waals surface area (Å²) in [5.41, 5.74) is -0.503. The van der Waals surface area contributed by atoms with Gasteiger partial charge in [-0.2, -0.15) is 0 Å². The minimum Gasteiger partial charge on any atom is -0.481 e. The van der Waals surface area contributed by atoms with Gasteiger partial charge in [-0.1, -0.05) is 20.3 Å². The average Bonchev–Trinajstić information content (AvgIpc) is 2.75. The molecule has 1 saturated heterocycles. The van der Waals surface area contributed by atoms with Gasteiger partial charge in [-0.15, -0.1) is 0 Å². The van der Waals surface area contributed by atoms with Gasteiger partial charge in [0.05, 0.1) is 18.6 Å². The molecule has 1 aliphatic carbocycles. The topological polar surface area (TPSA) is 75.6 Å². The van der Waals surface area contributed by atoms with E-state index >= 15 is 0 Å². The molecule has 0 radical (unpaired) electrons. The average molecular weight is 283 g/mol. The number of nitrogens with one attached hydrogen (secondary N) is 1. The van der Waals surface area contributed by atoms with Crippen LogP contribution in [-0.2, 0) is 14.3 Å². The van der Waals surface area contributed by atoms with Crippen LogP contribution in [0.15, 0.2) is 0 Å². The van der Waals surface area contributed by atoms with Crippen molar-refractivity contribution in [3.05, 3.63) is 0 Å². The third kappa shape index (κ3) is 3.72. The van der Waals surface area contributed by atoms with E-state index in [-0.39, 0.29) is 23.7 Å². The lowest BCUT2D eigenvalue weighted by atomic mass is 9.72. The van der Waals surface area contributed by atoms with E-state index in [0.717, 1.165) is 25.7 Å². The first-order chi connectivity index (χ1) is 9.32. The zero-order chi connectivity index (χ0) is 14.8. The Morgan fingerprint density at radius 1 is 1.35 bits per heavy atom. The zero-order valence-electron chi connectivity index (χ0n) is 12.4. The molecule has 5 heteroatoms. The van der Waals surface area contributed by atoms with Crippen LogP contribution in [0.2, 0.25) is 0 Å². The summed E-state index contributed by atoms with van der Waals surface area (Å²) in [4.78, 5) is 23.5. The predicted octanol–water partition coefficient (Wildman–Crippen LogP) is 1.95. The number of aliphatic carboxylic acids is 1. The van der Waals surface area contributed by atoms with Crippen LogP contribution in [0, 0.1) is 11.3 Å². The van der Waals surface area contributed by atoms with E-state index < -0.39 is 11.5 Å².